The predicted molar refractivity (Wildman–Crippen MR) is 121 cm³/mol. The van der Waals surface area contributed by atoms with Crippen molar-refractivity contribution in [1.82, 2.24) is 9.80 Å². The first kappa shape index (κ1) is 20.9. The van der Waals surface area contributed by atoms with Crippen molar-refractivity contribution in [1.29, 1.82) is 0 Å². The zero-order valence-electron chi connectivity index (χ0n) is 18.5. The average molecular weight is 435 g/mol. The molecule has 0 radical (unpaired) electrons. The van der Waals surface area contributed by atoms with Crippen LogP contribution in [0.3, 0.4) is 0 Å². The number of hydrogen-bond donors (Lipinski definition) is 0. The summed E-state index contributed by atoms with van der Waals surface area (Å²) in [7, 11) is 1.80. The average Bonchev–Trinajstić information content (AvgIpc) is 3.23. The minimum Gasteiger partial charge on any atom is -0.486 e. The maximum absolute atomic E-state index is 13.6. The van der Waals surface area contributed by atoms with Crippen molar-refractivity contribution in [3.63, 3.8) is 0 Å². The largest absolute Gasteiger partial charge is 0.486 e. The van der Waals surface area contributed by atoms with Gasteiger partial charge in [0.15, 0.2) is 17.6 Å². The fourth-order valence-corrected chi connectivity index (χ4v) is 5.51. The molecular formula is C26H30N2O4. The number of likely N-dealkylation sites (N-methyl/N-ethyl adjacent to an activating group) is 1. The number of likely N-dealkylation sites (tertiary alicyclic amines) is 1. The zero-order chi connectivity index (χ0) is 22.1. The summed E-state index contributed by atoms with van der Waals surface area (Å²) in [6, 6.07) is 16.7. The Morgan fingerprint density at radius 1 is 1.00 bits per heavy atom. The van der Waals surface area contributed by atoms with Crippen molar-refractivity contribution >= 4 is 11.8 Å². The maximum Gasteiger partial charge on any atom is 0.254 e. The second-order valence-corrected chi connectivity index (χ2v) is 9.16. The van der Waals surface area contributed by atoms with Crippen molar-refractivity contribution in [3.05, 3.63) is 60.2 Å². The molecule has 1 saturated heterocycles. The van der Waals surface area contributed by atoms with Crippen LogP contribution in [0.2, 0.25) is 0 Å². The van der Waals surface area contributed by atoms with E-state index in [1.807, 2.05) is 59.5 Å². The summed E-state index contributed by atoms with van der Waals surface area (Å²) in [5, 5.41) is 0. The van der Waals surface area contributed by atoms with E-state index < -0.39 is 6.04 Å². The Morgan fingerprint density at radius 3 is 2.53 bits per heavy atom. The quantitative estimate of drug-likeness (QED) is 0.735. The van der Waals surface area contributed by atoms with E-state index in [0.29, 0.717) is 30.4 Å². The van der Waals surface area contributed by atoms with Gasteiger partial charge in [-0.2, -0.15) is 0 Å². The van der Waals surface area contributed by atoms with Gasteiger partial charge in [-0.1, -0.05) is 43.2 Å². The van der Waals surface area contributed by atoms with Crippen molar-refractivity contribution in [2.24, 2.45) is 5.92 Å². The van der Waals surface area contributed by atoms with E-state index in [1.54, 1.807) is 11.9 Å². The number of hydrogen-bond acceptors (Lipinski definition) is 4. The Morgan fingerprint density at radius 2 is 1.72 bits per heavy atom. The molecule has 5 rings (SSSR count). The van der Waals surface area contributed by atoms with Gasteiger partial charge in [-0.05, 0) is 49.4 Å². The highest BCUT2D eigenvalue weighted by atomic mass is 16.6. The highest BCUT2D eigenvalue weighted by molar-refractivity contribution is 5.98. The molecule has 2 aliphatic heterocycles. The number of carbonyl (C=O) groups is 2. The van der Waals surface area contributed by atoms with Gasteiger partial charge in [0.1, 0.15) is 12.6 Å². The summed E-state index contributed by atoms with van der Waals surface area (Å²) in [6.45, 7) is 0.823. The third kappa shape index (κ3) is 3.94. The van der Waals surface area contributed by atoms with Crippen LogP contribution in [0.1, 0.15) is 42.5 Å². The molecule has 6 heteroatoms. The number of rotatable bonds is 4. The molecule has 2 amide bonds. The first-order chi connectivity index (χ1) is 15.6. The normalized spacial score (nSPS) is 26.3. The molecule has 2 fully saturated rings. The molecule has 2 heterocycles. The van der Waals surface area contributed by atoms with Crippen molar-refractivity contribution in [2.75, 3.05) is 20.2 Å². The summed E-state index contributed by atoms with van der Waals surface area (Å²) in [4.78, 5) is 30.7. The Hall–Kier alpha value is -3.02. The lowest BCUT2D eigenvalue weighted by atomic mass is 9.84. The third-order valence-electron chi connectivity index (χ3n) is 7.05. The van der Waals surface area contributed by atoms with Crippen molar-refractivity contribution < 1.29 is 19.1 Å². The van der Waals surface area contributed by atoms with Gasteiger partial charge in [0.25, 0.3) is 5.91 Å². The van der Waals surface area contributed by atoms with Crippen molar-refractivity contribution in [2.45, 2.75) is 50.3 Å². The van der Waals surface area contributed by atoms with Gasteiger partial charge in [-0.25, -0.2) is 0 Å². The number of para-hydroxylation sites is 2. The number of nitrogens with zero attached hydrogens (tertiary/aromatic N) is 2. The number of fused-ring (bicyclic) bond motifs is 2. The lowest BCUT2D eigenvalue weighted by molar-refractivity contribution is -0.135. The molecule has 2 aromatic carbocycles. The molecule has 1 saturated carbocycles. The highest BCUT2D eigenvalue weighted by Crippen LogP contribution is 2.41. The highest BCUT2D eigenvalue weighted by Gasteiger charge is 2.48. The summed E-state index contributed by atoms with van der Waals surface area (Å²) in [5.41, 5.74) is 0.653. The smallest absolute Gasteiger partial charge is 0.254 e. The fraction of sp³-hybridized carbons (Fsp3) is 0.462. The molecule has 4 unspecified atom stereocenters. The Balaban J connectivity index is 1.32. The van der Waals surface area contributed by atoms with Crippen LogP contribution >= 0.6 is 0 Å². The zero-order valence-corrected chi connectivity index (χ0v) is 18.5. The first-order valence-electron chi connectivity index (χ1n) is 11.6. The Labute approximate surface area is 189 Å². The summed E-state index contributed by atoms with van der Waals surface area (Å²) in [6.07, 6.45) is 4.87. The van der Waals surface area contributed by atoms with Crippen LogP contribution in [0.4, 0.5) is 0 Å². The summed E-state index contributed by atoms with van der Waals surface area (Å²) >= 11 is 0. The Kier molecular flexibility index (Phi) is 5.77. The van der Waals surface area contributed by atoms with Gasteiger partial charge >= 0.3 is 0 Å². The molecule has 2 aromatic rings. The van der Waals surface area contributed by atoms with Gasteiger partial charge in [0.05, 0.1) is 6.54 Å². The summed E-state index contributed by atoms with van der Waals surface area (Å²) < 4.78 is 11.9. The standard InChI is InChI=1S/C26H30N2O4/c1-27(16-20-17-31-23-13-7-8-14-24(23)32-20)26(30)22-15-19-11-5-6-12-21(19)28(22)25(29)18-9-3-2-4-10-18/h2-4,7-10,13-14,19-22H,5-6,11-12,15-17H2,1H3. The monoisotopic (exact) mass is 434 g/mol. The predicted octanol–water partition coefficient (Wildman–Crippen LogP) is 3.76. The number of benzene rings is 2. The topological polar surface area (TPSA) is 59.1 Å². The molecule has 0 bridgehead atoms. The lowest BCUT2D eigenvalue weighted by Gasteiger charge is -2.35. The fourth-order valence-electron chi connectivity index (χ4n) is 5.51. The molecule has 0 spiro atoms. The second kappa shape index (κ2) is 8.85. The summed E-state index contributed by atoms with van der Waals surface area (Å²) in [5.74, 6) is 1.80. The van der Waals surface area contributed by atoms with Gasteiger partial charge < -0.3 is 19.3 Å². The van der Waals surface area contributed by atoms with Gasteiger partial charge in [-0.15, -0.1) is 0 Å². The van der Waals surface area contributed by atoms with Crippen LogP contribution in [0.25, 0.3) is 0 Å². The minimum absolute atomic E-state index is 0.00820. The van der Waals surface area contributed by atoms with E-state index in [1.165, 1.54) is 6.42 Å². The Bertz CT molecular complexity index is 979. The molecule has 4 atom stereocenters. The van der Waals surface area contributed by atoms with Gasteiger partial charge in [0.2, 0.25) is 5.91 Å². The van der Waals surface area contributed by atoms with Crippen LogP contribution in [-0.4, -0.2) is 60.0 Å². The van der Waals surface area contributed by atoms with E-state index in [4.69, 9.17) is 9.47 Å². The molecule has 32 heavy (non-hydrogen) atoms. The SMILES string of the molecule is CN(CC1COc2ccccc2O1)C(=O)C1CC2CCCCC2N1C(=O)c1ccccc1. The van der Waals surface area contributed by atoms with Crippen LogP contribution in [0.15, 0.2) is 54.6 Å². The van der Waals surface area contributed by atoms with Crippen LogP contribution < -0.4 is 9.47 Å². The molecule has 0 N–H and O–H groups in total. The first-order valence-corrected chi connectivity index (χ1v) is 11.6. The van der Waals surface area contributed by atoms with Crippen LogP contribution in [0, 0.1) is 5.92 Å². The van der Waals surface area contributed by atoms with E-state index in [9.17, 15) is 9.59 Å². The second-order valence-electron chi connectivity index (χ2n) is 9.16. The number of ether oxygens (including phenoxy) is 2. The molecule has 6 nitrogen and oxygen atoms in total. The molecule has 168 valence electrons. The van der Waals surface area contributed by atoms with E-state index in [2.05, 4.69) is 0 Å². The minimum atomic E-state index is -0.419. The third-order valence-corrected chi connectivity index (χ3v) is 7.05. The maximum atomic E-state index is 13.6. The lowest BCUT2D eigenvalue weighted by Crippen LogP contribution is -2.52. The van der Waals surface area contributed by atoms with E-state index >= 15 is 0 Å². The number of amides is 2. The molecule has 3 aliphatic rings. The molecule has 0 aromatic heterocycles. The van der Waals surface area contributed by atoms with E-state index in [0.717, 1.165) is 31.4 Å². The molecular weight excluding hydrogens is 404 g/mol. The van der Waals surface area contributed by atoms with Crippen LogP contribution in [-0.2, 0) is 4.79 Å². The van der Waals surface area contributed by atoms with Gasteiger partial charge in [-0.3, -0.25) is 9.59 Å². The molecule has 1 aliphatic carbocycles. The number of carbonyl (C=O) groups excluding carboxylic acids is 2. The van der Waals surface area contributed by atoms with Crippen LogP contribution in [0.5, 0.6) is 11.5 Å². The van der Waals surface area contributed by atoms with Crippen molar-refractivity contribution in [3.8, 4) is 11.5 Å². The van der Waals surface area contributed by atoms with Gasteiger partial charge in [0, 0.05) is 18.7 Å². The van der Waals surface area contributed by atoms with E-state index in [-0.39, 0.29) is 24.0 Å².